The van der Waals surface area contributed by atoms with Gasteiger partial charge in [0, 0.05) is 27.5 Å². The lowest BCUT2D eigenvalue weighted by Crippen LogP contribution is -2.35. The molecule has 3 aromatic rings. The van der Waals surface area contributed by atoms with E-state index >= 15 is 0 Å². The van der Waals surface area contributed by atoms with E-state index in [4.69, 9.17) is 9.47 Å². The average molecular weight is 386 g/mol. The van der Waals surface area contributed by atoms with Gasteiger partial charge in [-0.2, -0.15) is 0 Å². The summed E-state index contributed by atoms with van der Waals surface area (Å²) in [5, 5.41) is 2.66. The molecule has 9 heteroatoms. The lowest BCUT2D eigenvalue weighted by atomic mass is 10.2. The smallest absolute Gasteiger partial charge is 0.333 e. The van der Waals surface area contributed by atoms with Gasteiger partial charge in [0.05, 0.1) is 23.3 Å². The van der Waals surface area contributed by atoms with E-state index in [2.05, 4.69) is 10.3 Å². The summed E-state index contributed by atoms with van der Waals surface area (Å²) in [4.78, 5) is 40.8. The number of aryl methyl sites for hydroxylation is 2. The number of rotatable bonds is 6. The third-order valence-electron chi connectivity index (χ3n) is 4.51. The maximum absolute atomic E-state index is 13.0. The Labute approximate surface area is 160 Å². The van der Waals surface area contributed by atoms with Crippen molar-refractivity contribution in [3.05, 3.63) is 62.4 Å². The highest BCUT2D eigenvalue weighted by atomic mass is 16.7. The molecule has 0 aliphatic carbocycles. The van der Waals surface area contributed by atoms with Gasteiger partial charge in [-0.1, -0.05) is 17.7 Å². The Morgan fingerprint density at radius 2 is 1.82 bits per heavy atom. The minimum atomic E-state index is -0.617. The summed E-state index contributed by atoms with van der Waals surface area (Å²) < 4.78 is 12.6. The summed E-state index contributed by atoms with van der Waals surface area (Å²) in [5.74, 6) is -0.451. The van der Waals surface area contributed by atoms with Crippen LogP contribution < -0.4 is 16.6 Å². The van der Waals surface area contributed by atoms with E-state index < -0.39 is 23.4 Å². The number of benzene rings is 1. The Kier molecular flexibility index (Phi) is 5.48. The molecular weight excluding hydrogens is 364 g/mol. The number of carbonyl (C=O) groups is 1. The quantitative estimate of drug-likeness (QED) is 0.606. The van der Waals surface area contributed by atoms with Gasteiger partial charge in [-0.3, -0.25) is 9.59 Å². The number of aromatic amines is 1. The summed E-state index contributed by atoms with van der Waals surface area (Å²) in [6.07, 6.45) is 0.905. The normalized spacial score (nSPS) is 11.3. The zero-order valence-electron chi connectivity index (χ0n) is 16.1. The van der Waals surface area contributed by atoms with Crippen molar-refractivity contribution in [2.24, 2.45) is 7.05 Å². The van der Waals surface area contributed by atoms with E-state index in [1.807, 2.05) is 19.1 Å². The van der Waals surface area contributed by atoms with Crippen molar-refractivity contribution in [2.45, 2.75) is 13.2 Å². The molecule has 0 aliphatic rings. The average Bonchev–Trinajstić information content (AvgIpc) is 3.00. The molecule has 0 radical (unpaired) electrons. The first-order valence-corrected chi connectivity index (χ1v) is 8.62. The second-order valence-corrected chi connectivity index (χ2v) is 6.39. The third-order valence-corrected chi connectivity index (χ3v) is 4.51. The van der Waals surface area contributed by atoms with Crippen LogP contribution in [-0.2, 0) is 16.5 Å². The van der Waals surface area contributed by atoms with Crippen molar-refractivity contribution < 1.29 is 14.3 Å². The van der Waals surface area contributed by atoms with Crippen molar-refractivity contribution in [3.8, 4) is 5.69 Å². The van der Waals surface area contributed by atoms with Gasteiger partial charge in [0.15, 0.2) is 6.29 Å². The molecule has 2 aromatic heterocycles. The minimum absolute atomic E-state index is 0.118. The lowest BCUT2D eigenvalue weighted by molar-refractivity contribution is -0.0974. The third kappa shape index (κ3) is 3.49. The molecule has 0 bridgehead atoms. The molecule has 2 N–H and O–H groups in total. The van der Waals surface area contributed by atoms with Crippen molar-refractivity contribution in [1.82, 2.24) is 19.4 Å². The fourth-order valence-corrected chi connectivity index (χ4v) is 3.01. The number of amides is 1. The Bertz CT molecular complexity index is 1120. The summed E-state index contributed by atoms with van der Waals surface area (Å²) >= 11 is 0. The number of hydrogen-bond donors (Lipinski definition) is 2. The molecule has 0 fully saturated rings. The monoisotopic (exact) mass is 386 g/mol. The maximum Gasteiger partial charge on any atom is 0.333 e. The molecule has 1 amide bonds. The number of hydrogen-bond acceptors (Lipinski definition) is 5. The number of methoxy groups -OCH3 is 2. The predicted octanol–water partition coefficient (Wildman–Crippen LogP) is 0.675. The summed E-state index contributed by atoms with van der Waals surface area (Å²) in [5.41, 5.74) is 0.939. The minimum Gasteiger partial charge on any atom is -0.354 e. The second-order valence-electron chi connectivity index (χ2n) is 6.39. The highest BCUT2D eigenvalue weighted by molar-refractivity contribution is 6.05. The first-order chi connectivity index (χ1) is 13.4. The topological polar surface area (TPSA) is 107 Å². The Morgan fingerprint density at radius 1 is 1.18 bits per heavy atom. The zero-order chi connectivity index (χ0) is 20.4. The zero-order valence-corrected chi connectivity index (χ0v) is 16.1. The molecule has 3 rings (SSSR count). The van der Waals surface area contributed by atoms with Gasteiger partial charge in [-0.05, 0) is 19.1 Å². The number of nitrogens with zero attached hydrogens (tertiary/aromatic N) is 2. The van der Waals surface area contributed by atoms with Crippen LogP contribution in [0.15, 0.2) is 40.1 Å². The Morgan fingerprint density at radius 3 is 2.43 bits per heavy atom. The fourth-order valence-electron chi connectivity index (χ4n) is 3.01. The summed E-state index contributed by atoms with van der Waals surface area (Å²) in [6, 6.07) is 7.03. The van der Waals surface area contributed by atoms with Crippen molar-refractivity contribution in [3.63, 3.8) is 0 Å². The number of aromatic nitrogens is 3. The van der Waals surface area contributed by atoms with Crippen LogP contribution in [0.25, 0.3) is 16.7 Å². The summed E-state index contributed by atoms with van der Waals surface area (Å²) in [7, 11) is 4.57. The van der Waals surface area contributed by atoms with Crippen LogP contribution in [0.1, 0.15) is 15.9 Å². The number of H-pyrrole nitrogens is 1. The lowest BCUT2D eigenvalue weighted by Gasteiger charge is -2.13. The van der Waals surface area contributed by atoms with Crippen LogP contribution in [-0.4, -0.2) is 47.1 Å². The van der Waals surface area contributed by atoms with Gasteiger partial charge in [0.1, 0.15) is 5.52 Å². The van der Waals surface area contributed by atoms with E-state index in [-0.39, 0.29) is 23.1 Å². The van der Waals surface area contributed by atoms with Crippen LogP contribution in [0, 0.1) is 6.92 Å². The standard InChI is InChI=1S/C19H22N4O5/c1-11-5-7-12(8-6-11)23-18(25)16-15(21-19(23)26)13(10-22(16)2)17(24)20-9-14(27-3)28-4/h5-8,10,14H,9H2,1-4H3,(H,20,24)(H,21,26). The van der Waals surface area contributed by atoms with Gasteiger partial charge < -0.3 is 24.3 Å². The highest BCUT2D eigenvalue weighted by Crippen LogP contribution is 2.15. The Hall–Kier alpha value is -3.17. The molecule has 1 aromatic carbocycles. The van der Waals surface area contributed by atoms with Gasteiger partial charge in [0.2, 0.25) is 0 Å². The van der Waals surface area contributed by atoms with Gasteiger partial charge in [-0.25, -0.2) is 9.36 Å². The molecule has 0 atom stereocenters. The number of ether oxygens (including phenoxy) is 2. The van der Waals surface area contributed by atoms with Gasteiger partial charge in [-0.15, -0.1) is 0 Å². The molecular formula is C19H22N4O5. The molecule has 28 heavy (non-hydrogen) atoms. The first kappa shape index (κ1) is 19.6. The van der Waals surface area contributed by atoms with Crippen LogP contribution in [0.3, 0.4) is 0 Å². The van der Waals surface area contributed by atoms with Crippen LogP contribution in [0.5, 0.6) is 0 Å². The predicted molar refractivity (Wildman–Crippen MR) is 104 cm³/mol. The molecule has 0 unspecified atom stereocenters. The van der Waals surface area contributed by atoms with E-state index in [1.54, 1.807) is 19.2 Å². The molecule has 0 saturated carbocycles. The van der Waals surface area contributed by atoms with Crippen molar-refractivity contribution >= 4 is 16.9 Å². The van der Waals surface area contributed by atoms with E-state index in [9.17, 15) is 14.4 Å². The first-order valence-electron chi connectivity index (χ1n) is 8.62. The van der Waals surface area contributed by atoms with Crippen LogP contribution in [0.4, 0.5) is 0 Å². The van der Waals surface area contributed by atoms with E-state index in [0.29, 0.717) is 5.69 Å². The molecule has 0 aliphatic heterocycles. The van der Waals surface area contributed by atoms with Crippen molar-refractivity contribution in [1.29, 1.82) is 0 Å². The largest absolute Gasteiger partial charge is 0.354 e. The molecule has 0 saturated heterocycles. The summed E-state index contributed by atoms with van der Waals surface area (Å²) in [6.45, 7) is 2.03. The van der Waals surface area contributed by atoms with Gasteiger partial charge >= 0.3 is 5.69 Å². The molecule has 148 valence electrons. The van der Waals surface area contributed by atoms with Gasteiger partial charge in [0.25, 0.3) is 11.5 Å². The maximum atomic E-state index is 13.0. The van der Waals surface area contributed by atoms with E-state index in [0.717, 1.165) is 10.1 Å². The number of nitrogens with one attached hydrogen (secondary N) is 2. The van der Waals surface area contributed by atoms with Crippen LogP contribution >= 0.6 is 0 Å². The van der Waals surface area contributed by atoms with Crippen molar-refractivity contribution in [2.75, 3.05) is 20.8 Å². The highest BCUT2D eigenvalue weighted by Gasteiger charge is 2.20. The number of fused-ring (bicyclic) bond motifs is 1. The second kappa shape index (κ2) is 7.83. The Balaban J connectivity index is 2.07. The fraction of sp³-hybridized carbons (Fsp3) is 0.316. The van der Waals surface area contributed by atoms with Crippen LogP contribution in [0.2, 0.25) is 0 Å². The molecule has 2 heterocycles. The molecule has 9 nitrogen and oxygen atoms in total. The molecule has 0 spiro atoms. The number of carbonyl (C=O) groups excluding carboxylic acids is 1. The van der Waals surface area contributed by atoms with E-state index in [1.165, 1.54) is 25.0 Å². The SMILES string of the molecule is COC(CNC(=O)c1cn(C)c2c(=O)n(-c3ccc(C)cc3)c(=O)[nH]c12)OC.